The van der Waals surface area contributed by atoms with Crippen molar-refractivity contribution in [2.45, 2.75) is 0 Å². The summed E-state index contributed by atoms with van der Waals surface area (Å²) >= 11 is 0. The van der Waals surface area contributed by atoms with Crippen LogP contribution < -0.4 is 0 Å². The fraction of sp³-hybridized carbons (Fsp3) is 0. The van der Waals surface area contributed by atoms with Crippen molar-refractivity contribution >= 4 is 131 Å². The molecule has 0 radical (unpaired) electrons. The topological polar surface area (TPSA) is 93.6 Å². The minimum Gasteiger partial charge on any atom is -0.455 e. The Morgan fingerprint density at radius 1 is 0.250 bits per heavy atom. The Labute approximate surface area is 431 Å². The Morgan fingerprint density at radius 2 is 0.513 bits per heavy atom. The van der Waals surface area contributed by atoms with E-state index in [-0.39, 0.29) is 0 Å². The van der Waals surface area contributed by atoms with Crippen LogP contribution in [0.25, 0.3) is 154 Å². The molecule has 8 nitrogen and oxygen atoms in total. The summed E-state index contributed by atoms with van der Waals surface area (Å²) in [5.74, 6) is 0. The van der Waals surface area contributed by atoms with Crippen LogP contribution in [0, 0.1) is 22.7 Å². The Morgan fingerprint density at radius 3 is 0.842 bits per heavy atom. The van der Waals surface area contributed by atoms with Crippen molar-refractivity contribution in [2.75, 3.05) is 0 Å². The zero-order valence-corrected chi connectivity index (χ0v) is 40.3. The number of aromatic nitrogens is 4. The summed E-state index contributed by atoms with van der Waals surface area (Å²) in [5.41, 5.74) is 13.1. The number of para-hydroxylation sites is 8. The first-order valence-electron chi connectivity index (χ1n) is 25.4. The lowest BCUT2D eigenvalue weighted by Gasteiger charge is -2.27. The minimum absolute atomic E-state index is 0.375. The molecule has 0 saturated heterocycles. The second kappa shape index (κ2) is 14.9. The molecular weight excluding hydrogens is 933 g/mol. The lowest BCUT2D eigenvalue weighted by atomic mass is 9.98. The van der Waals surface area contributed by atoms with E-state index in [0.29, 0.717) is 33.9 Å². The molecule has 6 aromatic heterocycles. The molecule has 0 aliphatic rings. The van der Waals surface area contributed by atoms with Crippen LogP contribution in [0.15, 0.2) is 227 Å². The predicted octanol–water partition coefficient (Wildman–Crippen LogP) is 17.6. The fourth-order valence-corrected chi connectivity index (χ4v) is 13.1. The average molecular weight is 969 g/mol. The van der Waals surface area contributed by atoms with Gasteiger partial charge in [-0.1, -0.05) is 146 Å². The zero-order chi connectivity index (χ0) is 49.9. The van der Waals surface area contributed by atoms with Crippen LogP contribution in [0.2, 0.25) is 0 Å². The van der Waals surface area contributed by atoms with E-state index in [0.717, 1.165) is 131 Å². The number of benzene rings is 11. The molecule has 0 spiro atoms. The lowest BCUT2D eigenvalue weighted by Crippen LogP contribution is -2.16. The number of furan rings is 2. The summed E-state index contributed by atoms with van der Waals surface area (Å²) in [6.07, 6.45) is 0. The van der Waals surface area contributed by atoms with Crippen LogP contribution in [0.1, 0.15) is 11.1 Å². The van der Waals surface area contributed by atoms with Crippen molar-refractivity contribution < 1.29 is 8.83 Å². The molecule has 0 saturated carbocycles. The summed E-state index contributed by atoms with van der Waals surface area (Å²) in [4.78, 5) is 0. The van der Waals surface area contributed by atoms with Crippen LogP contribution >= 0.6 is 0 Å². The highest BCUT2D eigenvalue weighted by Crippen LogP contribution is 2.50. The van der Waals surface area contributed by atoms with Crippen LogP contribution in [0.4, 0.5) is 0 Å². The van der Waals surface area contributed by atoms with Gasteiger partial charge in [0.15, 0.2) is 0 Å². The number of hydrogen-bond acceptors (Lipinski definition) is 4. The average Bonchev–Trinajstić information content (AvgIpc) is 4.48. The van der Waals surface area contributed by atoms with Crippen LogP contribution in [-0.4, -0.2) is 18.3 Å². The van der Waals surface area contributed by atoms with Crippen LogP contribution in [-0.2, 0) is 0 Å². The van der Waals surface area contributed by atoms with E-state index in [1.165, 1.54) is 0 Å². The van der Waals surface area contributed by atoms with Gasteiger partial charge in [0.25, 0.3) is 0 Å². The summed E-state index contributed by atoms with van der Waals surface area (Å²) in [6, 6.07) is 81.0. The molecule has 0 amide bonds. The standard InChI is InChI=1S/C68H36N6O2/c69-37-49-63(71-51-25-9-1-17-39(51)40-18-2-10-26-52(40)71)65(73-55-29-13-5-23-47(55)61-57(73)35-33-45-43-21-7-15-31-59(43)75-67(45)61)50(38-70)64(72-53-27-11-3-19-41(53)42-20-4-12-28-54(42)72)66(49)74-56-30-14-6-24-48(56)62-58(74)36-34-46-44-22-8-16-32-60(44)76-68(46)62/h1-36H. The van der Waals surface area contributed by atoms with Crippen molar-refractivity contribution in [3.05, 3.63) is 230 Å². The molecule has 0 aliphatic carbocycles. The van der Waals surface area contributed by atoms with Gasteiger partial charge in [0, 0.05) is 53.9 Å². The molecular formula is C68H36N6O2. The van der Waals surface area contributed by atoms with Gasteiger partial charge in [-0.3, -0.25) is 0 Å². The Balaban J connectivity index is 1.17. The molecule has 0 bridgehead atoms. The smallest absolute Gasteiger partial charge is 0.145 e. The van der Waals surface area contributed by atoms with Crippen molar-refractivity contribution in [3.8, 4) is 34.9 Å². The van der Waals surface area contributed by atoms with Crippen molar-refractivity contribution in [3.63, 3.8) is 0 Å². The Hall–Kier alpha value is -10.8. The third-order valence-corrected chi connectivity index (χ3v) is 16.0. The monoisotopic (exact) mass is 968 g/mol. The van der Waals surface area contributed by atoms with E-state index in [1.54, 1.807) is 0 Å². The third kappa shape index (κ3) is 5.09. The molecule has 76 heavy (non-hydrogen) atoms. The molecule has 17 rings (SSSR count). The molecule has 0 fully saturated rings. The van der Waals surface area contributed by atoms with Gasteiger partial charge in [-0.25, -0.2) is 0 Å². The number of fused-ring (bicyclic) bond motifs is 20. The first-order valence-corrected chi connectivity index (χ1v) is 25.4. The van der Waals surface area contributed by atoms with E-state index in [1.807, 2.05) is 72.8 Å². The second-order valence-electron chi connectivity index (χ2n) is 19.7. The lowest BCUT2D eigenvalue weighted by molar-refractivity contribution is 0.672. The molecule has 8 heteroatoms. The van der Waals surface area contributed by atoms with E-state index in [4.69, 9.17) is 8.83 Å². The van der Waals surface area contributed by atoms with E-state index in [2.05, 4.69) is 176 Å². The highest BCUT2D eigenvalue weighted by atomic mass is 16.3. The number of rotatable bonds is 4. The molecule has 0 aliphatic heterocycles. The van der Waals surface area contributed by atoms with Gasteiger partial charge in [0.05, 0.1) is 77.7 Å². The molecule has 17 aromatic rings. The Kier molecular flexibility index (Phi) is 7.99. The van der Waals surface area contributed by atoms with Gasteiger partial charge in [-0.2, -0.15) is 10.5 Å². The maximum absolute atomic E-state index is 12.7. The summed E-state index contributed by atoms with van der Waals surface area (Å²) < 4.78 is 22.6. The molecule has 0 N–H and O–H groups in total. The maximum atomic E-state index is 12.7. The fourth-order valence-electron chi connectivity index (χ4n) is 13.1. The van der Waals surface area contributed by atoms with E-state index >= 15 is 0 Å². The molecule has 350 valence electrons. The Bertz CT molecular complexity index is 5070. The molecule has 0 unspecified atom stereocenters. The zero-order valence-electron chi connectivity index (χ0n) is 40.3. The quantitative estimate of drug-likeness (QED) is 0.176. The maximum Gasteiger partial charge on any atom is 0.145 e. The van der Waals surface area contributed by atoms with Gasteiger partial charge in [0.2, 0.25) is 0 Å². The number of nitriles is 2. The summed E-state index contributed by atoms with van der Waals surface area (Å²) in [6.45, 7) is 0. The van der Waals surface area contributed by atoms with Crippen LogP contribution in [0.3, 0.4) is 0 Å². The van der Waals surface area contributed by atoms with E-state index < -0.39 is 0 Å². The number of hydrogen-bond donors (Lipinski definition) is 0. The van der Waals surface area contributed by atoms with Crippen molar-refractivity contribution in [1.29, 1.82) is 10.5 Å². The second-order valence-corrected chi connectivity index (χ2v) is 19.7. The van der Waals surface area contributed by atoms with Gasteiger partial charge >= 0.3 is 0 Å². The molecule has 6 heterocycles. The largest absolute Gasteiger partial charge is 0.455 e. The first kappa shape index (κ1) is 40.8. The van der Waals surface area contributed by atoms with Gasteiger partial charge in [-0.05, 0) is 72.8 Å². The van der Waals surface area contributed by atoms with Crippen molar-refractivity contribution in [1.82, 2.24) is 18.3 Å². The highest BCUT2D eigenvalue weighted by molar-refractivity contribution is 6.26. The van der Waals surface area contributed by atoms with Crippen LogP contribution in [0.5, 0.6) is 0 Å². The van der Waals surface area contributed by atoms with Gasteiger partial charge < -0.3 is 27.1 Å². The minimum atomic E-state index is 0.375. The predicted molar refractivity (Wildman–Crippen MR) is 308 cm³/mol. The molecule has 0 atom stereocenters. The SMILES string of the molecule is N#Cc1c(-n2c3ccccc3c3ccccc32)c(-n2c3ccccc3c3c4oc5ccccc5c4ccc32)c(C#N)c(-n2c3ccccc3c3ccccc32)c1-n1c2ccccc2c2c3oc4ccccc4c3ccc21. The van der Waals surface area contributed by atoms with Gasteiger partial charge in [-0.15, -0.1) is 0 Å². The van der Waals surface area contributed by atoms with Crippen molar-refractivity contribution in [2.24, 2.45) is 0 Å². The first-order chi connectivity index (χ1) is 37.7. The summed E-state index contributed by atoms with van der Waals surface area (Å²) in [7, 11) is 0. The van der Waals surface area contributed by atoms with E-state index in [9.17, 15) is 10.5 Å². The molecule has 11 aromatic carbocycles. The number of nitrogens with zero attached hydrogens (tertiary/aromatic N) is 6. The third-order valence-electron chi connectivity index (χ3n) is 16.0. The highest BCUT2D eigenvalue weighted by Gasteiger charge is 2.35. The van der Waals surface area contributed by atoms with Gasteiger partial charge in [0.1, 0.15) is 45.6 Å². The normalized spacial score (nSPS) is 12.2. The summed E-state index contributed by atoms with van der Waals surface area (Å²) in [5, 5.41) is 37.3.